The van der Waals surface area contributed by atoms with Crippen molar-refractivity contribution in [1.82, 2.24) is 15.6 Å². The van der Waals surface area contributed by atoms with Gasteiger partial charge in [-0.05, 0) is 16.5 Å². The number of hydrazone groups is 1. The highest BCUT2D eigenvalue weighted by atomic mass is 16.5. The maximum absolute atomic E-state index is 11.7. The normalized spacial score (nSPS) is 15.8. The van der Waals surface area contributed by atoms with Crippen LogP contribution in [0.1, 0.15) is 31.9 Å². The molecule has 7 heteroatoms. The summed E-state index contributed by atoms with van der Waals surface area (Å²) in [5, 5.41) is 6.44. The molecule has 2 amide bonds. The van der Waals surface area contributed by atoms with E-state index >= 15 is 0 Å². The zero-order valence-corrected chi connectivity index (χ0v) is 15.7. The maximum atomic E-state index is 11.7. The lowest BCUT2D eigenvalue weighted by molar-refractivity contribution is -0.139. The van der Waals surface area contributed by atoms with Gasteiger partial charge in [-0.3, -0.25) is 14.5 Å². The van der Waals surface area contributed by atoms with Crippen LogP contribution >= 0.6 is 0 Å². The number of benzene rings is 1. The van der Waals surface area contributed by atoms with Crippen molar-refractivity contribution in [3.63, 3.8) is 0 Å². The average molecular weight is 360 g/mol. The highest BCUT2D eigenvalue weighted by molar-refractivity contribution is 6.35. The molecule has 1 aromatic carbocycles. The first-order valence-electron chi connectivity index (χ1n) is 8.88. The first kappa shape index (κ1) is 20.1. The number of ether oxygens (including phenoxy) is 1. The molecular weight excluding hydrogens is 332 g/mol. The van der Waals surface area contributed by atoms with Crippen LogP contribution in [0.4, 0.5) is 0 Å². The standard InChI is InChI=1S/C19H28N4O3/c1-19(2,3)16-6-4-15(5-7-16)14-21-22-18(25)17(24)20-8-9-23-10-12-26-13-11-23/h4-7,14H,8-13H2,1-3H3,(H,20,24)(H,22,25)/b21-14+. The second-order valence-electron chi connectivity index (χ2n) is 7.28. The Morgan fingerprint density at radius 3 is 2.42 bits per heavy atom. The predicted molar refractivity (Wildman–Crippen MR) is 101 cm³/mol. The van der Waals surface area contributed by atoms with Crippen molar-refractivity contribution in [3.8, 4) is 0 Å². The van der Waals surface area contributed by atoms with E-state index in [1.165, 1.54) is 11.8 Å². The second-order valence-corrected chi connectivity index (χ2v) is 7.28. The lowest BCUT2D eigenvalue weighted by atomic mass is 9.87. The van der Waals surface area contributed by atoms with Crippen LogP contribution in [-0.4, -0.2) is 62.3 Å². The molecule has 142 valence electrons. The number of morpholine rings is 1. The minimum absolute atomic E-state index is 0.0865. The topological polar surface area (TPSA) is 83.0 Å². The van der Waals surface area contributed by atoms with Crippen LogP contribution in [0.5, 0.6) is 0 Å². The number of hydrogen-bond acceptors (Lipinski definition) is 5. The summed E-state index contributed by atoms with van der Waals surface area (Å²) < 4.78 is 5.26. The van der Waals surface area contributed by atoms with Gasteiger partial charge in [-0.1, -0.05) is 45.0 Å². The van der Waals surface area contributed by atoms with Crippen molar-refractivity contribution in [2.24, 2.45) is 5.10 Å². The van der Waals surface area contributed by atoms with E-state index in [2.05, 4.69) is 41.5 Å². The van der Waals surface area contributed by atoms with E-state index < -0.39 is 11.8 Å². The van der Waals surface area contributed by atoms with Crippen LogP contribution in [0, 0.1) is 0 Å². The molecule has 0 spiro atoms. The number of amides is 2. The van der Waals surface area contributed by atoms with Crippen molar-refractivity contribution in [2.45, 2.75) is 26.2 Å². The Hall–Kier alpha value is -2.25. The van der Waals surface area contributed by atoms with Crippen LogP contribution in [0.15, 0.2) is 29.4 Å². The number of nitrogens with zero attached hydrogens (tertiary/aromatic N) is 2. The third kappa shape index (κ3) is 6.57. The Kier molecular flexibility index (Phi) is 7.29. The van der Waals surface area contributed by atoms with Gasteiger partial charge in [0.15, 0.2) is 0 Å². The molecule has 1 saturated heterocycles. The van der Waals surface area contributed by atoms with Gasteiger partial charge in [0.2, 0.25) is 0 Å². The van der Waals surface area contributed by atoms with Crippen molar-refractivity contribution >= 4 is 18.0 Å². The van der Waals surface area contributed by atoms with E-state index in [4.69, 9.17) is 4.74 Å². The lowest BCUT2D eigenvalue weighted by Crippen LogP contribution is -2.44. The fourth-order valence-electron chi connectivity index (χ4n) is 2.52. The molecule has 1 heterocycles. The van der Waals surface area contributed by atoms with Gasteiger partial charge >= 0.3 is 11.8 Å². The number of hydrogen-bond donors (Lipinski definition) is 2. The predicted octanol–water partition coefficient (Wildman–Crippen LogP) is 0.883. The molecule has 0 aliphatic carbocycles. The van der Waals surface area contributed by atoms with Gasteiger partial charge < -0.3 is 10.1 Å². The smallest absolute Gasteiger partial charge is 0.329 e. The monoisotopic (exact) mass is 360 g/mol. The molecule has 0 atom stereocenters. The van der Waals surface area contributed by atoms with E-state index in [0.29, 0.717) is 26.3 Å². The summed E-state index contributed by atoms with van der Waals surface area (Å²) in [5.74, 6) is -1.45. The second kappa shape index (κ2) is 9.45. The molecule has 0 aromatic heterocycles. The van der Waals surface area contributed by atoms with Gasteiger partial charge in [0.1, 0.15) is 0 Å². The quantitative estimate of drug-likeness (QED) is 0.464. The van der Waals surface area contributed by atoms with Crippen molar-refractivity contribution in [1.29, 1.82) is 0 Å². The molecule has 1 aromatic rings. The fraction of sp³-hybridized carbons (Fsp3) is 0.526. The van der Waals surface area contributed by atoms with Crippen molar-refractivity contribution in [2.75, 3.05) is 39.4 Å². The summed E-state index contributed by atoms with van der Waals surface area (Å²) in [6.45, 7) is 10.7. The summed E-state index contributed by atoms with van der Waals surface area (Å²) in [6, 6.07) is 7.92. The van der Waals surface area contributed by atoms with Crippen LogP contribution in [0.2, 0.25) is 0 Å². The van der Waals surface area contributed by atoms with E-state index in [9.17, 15) is 9.59 Å². The number of carbonyl (C=O) groups excluding carboxylic acids is 2. The molecule has 2 rings (SSSR count). The minimum atomic E-state index is -0.769. The Morgan fingerprint density at radius 1 is 1.15 bits per heavy atom. The van der Waals surface area contributed by atoms with Gasteiger partial charge in [-0.25, -0.2) is 5.43 Å². The lowest BCUT2D eigenvalue weighted by Gasteiger charge is -2.26. The van der Waals surface area contributed by atoms with E-state index in [1.54, 1.807) is 0 Å². The molecule has 0 saturated carbocycles. The molecule has 7 nitrogen and oxygen atoms in total. The fourth-order valence-corrected chi connectivity index (χ4v) is 2.52. The van der Waals surface area contributed by atoms with Crippen molar-refractivity contribution < 1.29 is 14.3 Å². The first-order valence-corrected chi connectivity index (χ1v) is 8.88. The minimum Gasteiger partial charge on any atom is -0.379 e. The van der Waals surface area contributed by atoms with Gasteiger partial charge in [-0.2, -0.15) is 5.10 Å². The first-order chi connectivity index (χ1) is 12.4. The highest BCUT2D eigenvalue weighted by Crippen LogP contribution is 2.21. The van der Waals surface area contributed by atoms with Crippen LogP contribution < -0.4 is 10.7 Å². The molecule has 26 heavy (non-hydrogen) atoms. The number of nitrogens with one attached hydrogen (secondary N) is 2. The number of rotatable bonds is 5. The Labute approximate surface area is 154 Å². The summed E-state index contributed by atoms with van der Waals surface area (Å²) in [5.41, 5.74) is 4.41. The number of carbonyl (C=O) groups is 2. The summed E-state index contributed by atoms with van der Waals surface area (Å²) >= 11 is 0. The molecule has 1 aliphatic heterocycles. The summed E-state index contributed by atoms with van der Waals surface area (Å²) in [6.07, 6.45) is 1.52. The molecule has 1 fully saturated rings. The largest absolute Gasteiger partial charge is 0.379 e. The Balaban J connectivity index is 1.71. The van der Waals surface area contributed by atoms with Crippen molar-refractivity contribution in [3.05, 3.63) is 35.4 Å². The van der Waals surface area contributed by atoms with Crippen LogP contribution in [0.3, 0.4) is 0 Å². The Morgan fingerprint density at radius 2 is 1.81 bits per heavy atom. The van der Waals surface area contributed by atoms with Gasteiger partial charge in [-0.15, -0.1) is 0 Å². The third-order valence-electron chi connectivity index (χ3n) is 4.18. The average Bonchev–Trinajstić information content (AvgIpc) is 2.62. The van der Waals surface area contributed by atoms with E-state index in [1.807, 2.05) is 24.3 Å². The van der Waals surface area contributed by atoms with E-state index in [-0.39, 0.29) is 5.41 Å². The molecule has 0 bridgehead atoms. The molecule has 1 aliphatic rings. The van der Waals surface area contributed by atoms with E-state index in [0.717, 1.165) is 18.7 Å². The van der Waals surface area contributed by atoms with Gasteiger partial charge in [0, 0.05) is 26.2 Å². The third-order valence-corrected chi connectivity index (χ3v) is 4.18. The zero-order valence-electron chi connectivity index (χ0n) is 15.7. The van der Waals surface area contributed by atoms with Crippen LogP contribution in [0.25, 0.3) is 0 Å². The van der Waals surface area contributed by atoms with Crippen LogP contribution in [-0.2, 0) is 19.7 Å². The SMILES string of the molecule is CC(C)(C)c1ccc(/C=N/NC(=O)C(=O)NCCN2CCOCC2)cc1. The van der Waals surface area contributed by atoms with Gasteiger partial charge in [0.05, 0.1) is 19.4 Å². The van der Waals surface area contributed by atoms with Gasteiger partial charge in [0.25, 0.3) is 0 Å². The summed E-state index contributed by atoms with van der Waals surface area (Å²) in [4.78, 5) is 25.7. The zero-order chi connectivity index (χ0) is 19.0. The summed E-state index contributed by atoms with van der Waals surface area (Å²) in [7, 11) is 0. The highest BCUT2D eigenvalue weighted by Gasteiger charge is 2.14. The Bertz CT molecular complexity index is 629. The molecule has 2 N–H and O–H groups in total. The maximum Gasteiger partial charge on any atom is 0.329 e. The molecule has 0 unspecified atom stereocenters. The molecular formula is C19H28N4O3. The molecule has 0 radical (unpaired) electrons.